The van der Waals surface area contributed by atoms with Crippen molar-refractivity contribution in [1.82, 2.24) is 19.6 Å². The van der Waals surface area contributed by atoms with E-state index < -0.39 is 44.8 Å². The van der Waals surface area contributed by atoms with Crippen LogP contribution in [0.3, 0.4) is 0 Å². The molecule has 2 saturated carbocycles. The van der Waals surface area contributed by atoms with Crippen molar-refractivity contribution in [2.45, 2.75) is 102 Å². The number of thiazole rings is 1. The van der Waals surface area contributed by atoms with E-state index in [1.165, 1.54) is 11.3 Å². The molecular weight excluding hydrogens is 764 g/mol. The fraction of sp³-hybridized carbons (Fsp3) is 0.575. The Kier molecular flexibility index (Phi) is 11.1. The van der Waals surface area contributed by atoms with Gasteiger partial charge in [-0.15, -0.1) is 17.9 Å². The third-order valence-electron chi connectivity index (χ3n) is 11.7. The number of halogens is 1. The van der Waals surface area contributed by atoms with Crippen LogP contribution in [0.1, 0.15) is 84.3 Å². The van der Waals surface area contributed by atoms with Crippen LogP contribution in [-0.4, -0.2) is 84.6 Å². The predicted molar refractivity (Wildman–Crippen MR) is 211 cm³/mol. The summed E-state index contributed by atoms with van der Waals surface area (Å²) in [5.41, 5.74) is 0.733. The number of sulfonamides is 1. The average molecular weight is 813 g/mol. The highest BCUT2D eigenvalue weighted by molar-refractivity contribution is 7.90. The summed E-state index contributed by atoms with van der Waals surface area (Å²) in [6.45, 7) is 12.7. The molecule has 4 fully saturated rings. The number of benzene rings is 1. The summed E-state index contributed by atoms with van der Waals surface area (Å²) in [4.78, 5) is 53.8. The minimum Gasteiger partial charge on any atom is -0.490 e. The monoisotopic (exact) mass is 812 g/mol. The smallest absolute Gasteiger partial charge is 0.240 e. The number of Topliss-reactive ketones (excluding diaryl/α,β-unsaturated/α-hetero) is 1. The number of fused-ring (bicyclic) bond motifs is 2. The lowest BCUT2D eigenvalue weighted by molar-refractivity contribution is -0.149. The Balaban J connectivity index is 1.23. The van der Waals surface area contributed by atoms with Gasteiger partial charge in [0.05, 0.1) is 40.6 Å². The van der Waals surface area contributed by atoms with Crippen LogP contribution in [0.25, 0.3) is 21.6 Å². The number of allylic oxidation sites excluding steroid dienone is 1. The molecule has 296 valence electrons. The molecule has 0 unspecified atom stereocenters. The molecule has 2 aliphatic carbocycles. The molecule has 55 heavy (non-hydrogen) atoms. The van der Waals surface area contributed by atoms with Crippen LogP contribution in [0.2, 0.25) is 5.02 Å². The van der Waals surface area contributed by atoms with Gasteiger partial charge in [-0.2, -0.15) is 0 Å². The number of ether oxygens (including phenoxy) is 3. The normalized spacial score (nSPS) is 26.4. The highest BCUT2D eigenvalue weighted by atomic mass is 35.5. The summed E-state index contributed by atoms with van der Waals surface area (Å²) in [5.74, 6) is -0.485. The Bertz CT molecular complexity index is 2120. The number of rotatable bonds is 16. The maximum atomic E-state index is 14.5. The number of hydrogen-bond donors (Lipinski definition) is 1. The largest absolute Gasteiger partial charge is 0.490 e. The van der Waals surface area contributed by atoms with Gasteiger partial charge in [0.15, 0.2) is 5.78 Å². The van der Waals surface area contributed by atoms with Crippen molar-refractivity contribution in [2.75, 3.05) is 20.3 Å². The predicted octanol–water partition coefficient (Wildman–Crippen LogP) is 6.70. The molecule has 2 aliphatic heterocycles. The van der Waals surface area contributed by atoms with E-state index in [2.05, 4.69) is 25.1 Å². The number of carbonyl (C=O) groups is 3. The van der Waals surface area contributed by atoms with Crippen molar-refractivity contribution in [3.05, 3.63) is 47.0 Å². The molecule has 2 aromatic heterocycles. The molecule has 0 bridgehead atoms. The number of methoxy groups -OCH3 is 1. The summed E-state index contributed by atoms with van der Waals surface area (Å²) >= 11 is 8.44. The quantitative estimate of drug-likeness (QED) is 0.122. The standard InChI is InChI=1S/C40H49ClN4O8S2/c1-7-23-18-40(23,39(48)44-55(49,50)24-8-9-24)19-31(46)30-17-34(29-12-10-25(21(2)3)38(47)45(29)30)53-33-16-27(37-43-28(20-54-37)22(4)5)42-36-26(33)11-13-32(35(36)41)52-15-14-51-6/h7,11,13,16,20-25,29-30,34H,1,8-10,12,14-15,17-19H2,2-6H3,(H,44,48)/t23-,25-,29-,30+,34-,40-/m1/s1. The maximum absolute atomic E-state index is 14.5. The number of piperidine rings is 1. The number of amides is 2. The number of hydrogen-bond acceptors (Lipinski definition) is 11. The molecule has 1 aromatic carbocycles. The van der Waals surface area contributed by atoms with E-state index in [0.717, 1.165) is 5.69 Å². The van der Waals surface area contributed by atoms with Crippen LogP contribution in [-0.2, 0) is 29.1 Å². The van der Waals surface area contributed by atoms with Gasteiger partial charge in [0.2, 0.25) is 21.8 Å². The molecule has 15 heteroatoms. The van der Waals surface area contributed by atoms with Crippen molar-refractivity contribution in [3.63, 3.8) is 0 Å². The van der Waals surface area contributed by atoms with Crippen molar-refractivity contribution >= 4 is 61.5 Å². The SMILES string of the molecule is C=C[C@@H]1C[C@]1(CC(=O)[C@@H]1C[C@@H](Oc2cc(-c3nc(C(C)C)cs3)nc3c(Cl)c(OCCOC)ccc23)[C@H]2CC[C@H](C(C)C)C(=O)N21)C(=O)NS(=O)(=O)C1CC1. The second-order valence-corrected chi connectivity index (χ2v) is 19.2. The summed E-state index contributed by atoms with van der Waals surface area (Å²) in [6.07, 6.45) is 3.63. The minimum absolute atomic E-state index is 0.0608. The van der Waals surface area contributed by atoms with Gasteiger partial charge < -0.3 is 19.1 Å². The molecule has 4 aliphatic rings. The second-order valence-electron chi connectivity index (χ2n) is 16.0. The van der Waals surface area contributed by atoms with Crippen molar-refractivity contribution in [2.24, 2.45) is 23.2 Å². The molecule has 3 aromatic rings. The van der Waals surface area contributed by atoms with Crippen molar-refractivity contribution in [3.8, 4) is 22.2 Å². The van der Waals surface area contributed by atoms with Crippen LogP contribution in [0.4, 0.5) is 0 Å². The Morgan fingerprint density at radius 3 is 2.53 bits per heavy atom. The maximum Gasteiger partial charge on any atom is 0.240 e. The van der Waals surface area contributed by atoms with Gasteiger partial charge in [-0.05, 0) is 62.0 Å². The Labute approximate surface area is 331 Å². The van der Waals surface area contributed by atoms with Gasteiger partial charge in [-0.25, -0.2) is 18.4 Å². The Morgan fingerprint density at radius 1 is 1.13 bits per heavy atom. The van der Waals surface area contributed by atoms with E-state index in [1.54, 1.807) is 24.2 Å². The highest BCUT2D eigenvalue weighted by Crippen LogP contribution is 2.57. The summed E-state index contributed by atoms with van der Waals surface area (Å²) < 4.78 is 45.8. The fourth-order valence-electron chi connectivity index (χ4n) is 8.14. The molecule has 0 radical (unpaired) electrons. The molecular formula is C40H49ClN4O8S2. The number of nitrogens with zero attached hydrogens (tertiary/aromatic N) is 3. The highest BCUT2D eigenvalue weighted by Gasteiger charge is 2.62. The molecule has 6 atom stereocenters. The van der Waals surface area contributed by atoms with Crippen LogP contribution < -0.4 is 14.2 Å². The fourth-order valence-corrected chi connectivity index (χ4v) is 10.7. The third-order valence-corrected chi connectivity index (χ3v) is 14.7. The number of carbonyl (C=O) groups excluding carboxylic acids is 3. The first-order chi connectivity index (χ1) is 26.2. The number of aromatic nitrogens is 2. The molecule has 0 spiro atoms. The van der Waals surface area contributed by atoms with Gasteiger partial charge in [0, 0.05) is 42.7 Å². The van der Waals surface area contributed by atoms with Gasteiger partial charge >= 0.3 is 0 Å². The van der Waals surface area contributed by atoms with E-state index in [-0.39, 0.29) is 48.2 Å². The minimum atomic E-state index is -3.82. The molecule has 4 heterocycles. The molecule has 2 saturated heterocycles. The zero-order valence-electron chi connectivity index (χ0n) is 31.9. The third kappa shape index (κ3) is 7.63. The lowest BCUT2D eigenvalue weighted by Crippen LogP contribution is -2.54. The van der Waals surface area contributed by atoms with Crippen LogP contribution in [0.15, 0.2) is 36.2 Å². The van der Waals surface area contributed by atoms with Gasteiger partial charge in [-0.1, -0.05) is 45.4 Å². The van der Waals surface area contributed by atoms with Gasteiger partial charge in [0.25, 0.3) is 0 Å². The van der Waals surface area contributed by atoms with E-state index in [9.17, 15) is 22.8 Å². The van der Waals surface area contributed by atoms with Gasteiger partial charge in [0.1, 0.15) is 39.9 Å². The number of ketones is 1. The summed E-state index contributed by atoms with van der Waals surface area (Å²) in [7, 11) is -2.23. The molecule has 2 amide bonds. The number of nitrogens with one attached hydrogen (secondary N) is 1. The number of pyridine rings is 1. The zero-order chi connectivity index (χ0) is 39.4. The molecule has 1 N–H and O–H groups in total. The van der Waals surface area contributed by atoms with Gasteiger partial charge in [-0.3, -0.25) is 19.1 Å². The van der Waals surface area contributed by atoms with Crippen LogP contribution in [0.5, 0.6) is 11.5 Å². The Morgan fingerprint density at radius 2 is 1.89 bits per heavy atom. The van der Waals surface area contributed by atoms with Crippen LogP contribution in [0, 0.1) is 23.2 Å². The summed E-state index contributed by atoms with van der Waals surface area (Å²) in [6, 6.07) is 4.18. The lowest BCUT2D eigenvalue weighted by Gasteiger charge is -2.40. The average Bonchev–Trinajstić information content (AvgIpc) is 4.03. The van der Waals surface area contributed by atoms with E-state index in [0.29, 0.717) is 83.4 Å². The first-order valence-corrected chi connectivity index (χ1v) is 21.9. The second kappa shape index (κ2) is 15.4. The summed E-state index contributed by atoms with van der Waals surface area (Å²) in [5, 5.41) is 3.06. The van der Waals surface area contributed by atoms with E-state index in [1.807, 2.05) is 31.4 Å². The zero-order valence-corrected chi connectivity index (χ0v) is 34.3. The van der Waals surface area contributed by atoms with Crippen molar-refractivity contribution < 1.29 is 37.0 Å². The van der Waals surface area contributed by atoms with Crippen LogP contribution >= 0.6 is 22.9 Å². The lowest BCUT2D eigenvalue weighted by atomic mass is 9.84. The molecule has 7 rings (SSSR count). The van der Waals surface area contributed by atoms with E-state index in [4.69, 9.17) is 35.8 Å². The topological polar surface area (TPSA) is 154 Å². The van der Waals surface area contributed by atoms with Crippen molar-refractivity contribution in [1.29, 1.82) is 0 Å². The Hall–Kier alpha value is -3.59. The molecule has 12 nitrogen and oxygen atoms in total. The van der Waals surface area contributed by atoms with E-state index >= 15 is 0 Å². The first kappa shape index (κ1) is 39.6. The first-order valence-electron chi connectivity index (χ1n) is 19.1.